The summed E-state index contributed by atoms with van der Waals surface area (Å²) in [5, 5.41) is 19.1. The van der Waals surface area contributed by atoms with Crippen molar-refractivity contribution in [1.29, 1.82) is 0 Å². The number of hydrogen-bond donors (Lipinski definition) is 2. The van der Waals surface area contributed by atoms with Crippen LogP contribution in [0.25, 0.3) is 11.0 Å². The van der Waals surface area contributed by atoms with E-state index in [1.807, 2.05) is 0 Å². The van der Waals surface area contributed by atoms with E-state index in [1.165, 1.54) is 0 Å². The lowest BCUT2D eigenvalue weighted by molar-refractivity contribution is -0.136. The molecule has 0 aliphatic rings. The molecule has 1 aromatic heterocycles. The number of furan rings is 1. The molecule has 0 amide bonds. The second-order valence-corrected chi connectivity index (χ2v) is 3.89. The van der Waals surface area contributed by atoms with Crippen LogP contribution in [-0.2, 0) is 11.2 Å². The Bertz CT molecular complexity index is 529. The molecule has 0 aliphatic carbocycles. The van der Waals surface area contributed by atoms with Gasteiger partial charge in [0.25, 0.3) is 0 Å². The molecule has 0 atom stereocenters. The molecule has 0 spiro atoms. The Balaban J connectivity index is 2.58. The van der Waals surface area contributed by atoms with E-state index in [2.05, 4.69) is 15.9 Å². The molecule has 2 rings (SSSR count). The van der Waals surface area contributed by atoms with Crippen LogP contribution < -0.4 is 0 Å². The van der Waals surface area contributed by atoms with Crippen LogP contribution in [-0.4, -0.2) is 16.2 Å². The summed E-state index contributed by atoms with van der Waals surface area (Å²) in [5.74, 6) is -1.10. The first-order valence-electron chi connectivity index (χ1n) is 4.19. The van der Waals surface area contributed by atoms with Gasteiger partial charge in [0, 0.05) is 10.9 Å². The quantitative estimate of drug-likeness (QED) is 0.880. The van der Waals surface area contributed by atoms with Crippen LogP contribution in [0.5, 0.6) is 5.75 Å². The first kappa shape index (κ1) is 10.0. The van der Waals surface area contributed by atoms with Crippen molar-refractivity contribution in [3.05, 3.63) is 28.4 Å². The number of hydrogen-bond acceptors (Lipinski definition) is 3. The number of aliphatic carboxylic acids is 1. The van der Waals surface area contributed by atoms with E-state index in [1.54, 1.807) is 18.2 Å². The molecule has 2 aromatic rings. The maximum atomic E-state index is 10.5. The SMILES string of the molecule is O=C(O)Cc1ccc2cc(Br)oc2c1O. The van der Waals surface area contributed by atoms with Gasteiger partial charge in [0.1, 0.15) is 0 Å². The number of carboxylic acid groups (broad SMARTS) is 1. The third-order valence-corrected chi connectivity index (χ3v) is 2.45. The van der Waals surface area contributed by atoms with Crippen LogP contribution in [0.2, 0.25) is 0 Å². The van der Waals surface area contributed by atoms with Crippen molar-refractivity contribution < 1.29 is 19.4 Å². The van der Waals surface area contributed by atoms with E-state index in [-0.39, 0.29) is 12.2 Å². The van der Waals surface area contributed by atoms with Crippen LogP contribution in [0, 0.1) is 0 Å². The molecule has 0 saturated carbocycles. The predicted molar refractivity (Wildman–Crippen MR) is 56.9 cm³/mol. The molecule has 4 nitrogen and oxygen atoms in total. The molecule has 0 radical (unpaired) electrons. The van der Waals surface area contributed by atoms with E-state index in [4.69, 9.17) is 9.52 Å². The minimum Gasteiger partial charge on any atom is -0.504 e. The number of benzene rings is 1. The van der Waals surface area contributed by atoms with E-state index in [9.17, 15) is 9.90 Å². The van der Waals surface area contributed by atoms with Gasteiger partial charge < -0.3 is 14.6 Å². The molecule has 15 heavy (non-hydrogen) atoms. The lowest BCUT2D eigenvalue weighted by Crippen LogP contribution is -1.99. The summed E-state index contributed by atoms with van der Waals surface area (Å²) < 4.78 is 5.69. The van der Waals surface area contributed by atoms with E-state index < -0.39 is 5.97 Å². The van der Waals surface area contributed by atoms with Gasteiger partial charge in [-0.3, -0.25) is 4.79 Å². The van der Waals surface area contributed by atoms with Crippen molar-refractivity contribution in [3.8, 4) is 5.75 Å². The fourth-order valence-corrected chi connectivity index (χ4v) is 1.81. The fourth-order valence-electron chi connectivity index (χ4n) is 1.40. The lowest BCUT2D eigenvalue weighted by atomic mass is 10.1. The van der Waals surface area contributed by atoms with Gasteiger partial charge in [0.15, 0.2) is 16.0 Å². The summed E-state index contributed by atoms with van der Waals surface area (Å²) in [6.45, 7) is 0. The molecule has 0 unspecified atom stereocenters. The van der Waals surface area contributed by atoms with Crippen LogP contribution in [0.1, 0.15) is 5.56 Å². The largest absolute Gasteiger partial charge is 0.504 e. The maximum absolute atomic E-state index is 10.5. The second-order valence-electron chi connectivity index (χ2n) is 3.11. The molecule has 0 aliphatic heterocycles. The Morgan fingerprint density at radius 1 is 1.47 bits per heavy atom. The molecular formula is C10H7BrO4. The van der Waals surface area contributed by atoms with Gasteiger partial charge in [-0.15, -0.1) is 0 Å². The number of aromatic hydroxyl groups is 1. The Hall–Kier alpha value is -1.49. The Kier molecular flexibility index (Phi) is 2.40. The second kappa shape index (κ2) is 3.58. The number of carboxylic acids is 1. The van der Waals surface area contributed by atoms with E-state index in [0.717, 1.165) is 5.39 Å². The Morgan fingerprint density at radius 3 is 2.87 bits per heavy atom. The standard InChI is InChI=1S/C10H7BrO4/c11-7-3-6-2-1-5(4-8(12)13)9(14)10(6)15-7/h1-3,14H,4H2,(H,12,13). The van der Waals surface area contributed by atoms with Gasteiger partial charge in [-0.2, -0.15) is 0 Å². The van der Waals surface area contributed by atoms with Gasteiger partial charge in [-0.1, -0.05) is 12.1 Å². The summed E-state index contributed by atoms with van der Waals surface area (Å²) in [7, 11) is 0. The van der Waals surface area contributed by atoms with Crippen molar-refractivity contribution in [2.45, 2.75) is 6.42 Å². The molecule has 1 aromatic carbocycles. The zero-order valence-corrected chi connectivity index (χ0v) is 9.11. The highest BCUT2D eigenvalue weighted by molar-refractivity contribution is 9.10. The average Bonchev–Trinajstić information content (AvgIpc) is 2.51. The smallest absolute Gasteiger partial charge is 0.307 e. The van der Waals surface area contributed by atoms with Crippen molar-refractivity contribution in [2.24, 2.45) is 0 Å². The van der Waals surface area contributed by atoms with Crippen LogP contribution in [0.4, 0.5) is 0 Å². The van der Waals surface area contributed by atoms with Gasteiger partial charge in [-0.05, 0) is 22.0 Å². The summed E-state index contributed by atoms with van der Waals surface area (Å²) in [5.41, 5.74) is 0.650. The minimum absolute atomic E-state index is 0.111. The Morgan fingerprint density at radius 2 is 2.20 bits per heavy atom. The number of phenolic OH excluding ortho intramolecular Hbond substituents is 1. The normalized spacial score (nSPS) is 10.7. The minimum atomic E-state index is -0.990. The number of fused-ring (bicyclic) bond motifs is 1. The van der Waals surface area contributed by atoms with Crippen molar-refractivity contribution in [3.63, 3.8) is 0 Å². The molecule has 5 heteroatoms. The zero-order valence-electron chi connectivity index (χ0n) is 7.53. The molecule has 0 saturated heterocycles. The highest BCUT2D eigenvalue weighted by Gasteiger charge is 2.13. The summed E-state index contributed by atoms with van der Waals surface area (Å²) in [6, 6.07) is 4.99. The van der Waals surface area contributed by atoms with E-state index in [0.29, 0.717) is 15.8 Å². The summed E-state index contributed by atoms with van der Waals surface area (Å²) in [4.78, 5) is 10.5. The third-order valence-electron chi connectivity index (χ3n) is 2.06. The molecule has 78 valence electrons. The van der Waals surface area contributed by atoms with Gasteiger partial charge >= 0.3 is 5.97 Å². The lowest BCUT2D eigenvalue weighted by Gasteiger charge is -2.01. The van der Waals surface area contributed by atoms with Crippen LogP contribution >= 0.6 is 15.9 Å². The Labute approximate surface area is 93.3 Å². The molecule has 0 bridgehead atoms. The highest BCUT2D eigenvalue weighted by atomic mass is 79.9. The molecular weight excluding hydrogens is 264 g/mol. The van der Waals surface area contributed by atoms with Gasteiger partial charge in [0.2, 0.25) is 0 Å². The topological polar surface area (TPSA) is 70.7 Å². The monoisotopic (exact) mass is 270 g/mol. The maximum Gasteiger partial charge on any atom is 0.307 e. The number of rotatable bonds is 2. The zero-order chi connectivity index (χ0) is 11.0. The number of halogens is 1. The van der Waals surface area contributed by atoms with E-state index >= 15 is 0 Å². The first-order valence-corrected chi connectivity index (χ1v) is 4.99. The summed E-state index contributed by atoms with van der Waals surface area (Å²) >= 11 is 3.14. The van der Waals surface area contributed by atoms with Crippen LogP contribution in [0.3, 0.4) is 0 Å². The highest BCUT2D eigenvalue weighted by Crippen LogP contribution is 2.33. The fraction of sp³-hybridized carbons (Fsp3) is 0.100. The van der Waals surface area contributed by atoms with Gasteiger partial charge in [0.05, 0.1) is 6.42 Å². The average molecular weight is 271 g/mol. The summed E-state index contributed by atoms with van der Waals surface area (Å²) in [6.07, 6.45) is -0.222. The van der Waals surface area contributed by atoms with Crippen molar-refractivity contribution in [2.75, 3.05) is 0 Å². The molecule has 2 N–H and O–H groups in total. The predicted octanol–water partition coefficient (Wildman–Crippen LogP) is 2.53. The van der Waals surface area contributed by atoms with Crippen molar-refractivity contribution >= 4 is 32.9 Å². The van der Waals surface area contributed by atoms with Crippen molar-refractivity contribution in [1.82, 2.24) is 0 Å². The number of phenols is 1. The van der Waals surface area contributed by atoms with Crippen LogP contribution in [0.15, 0.2) is 27.3 Å². The molecule has 1 heterocycles. The first-order chi connectivity index (χ1) is 7.08. The number of carbonyl (C=O) groups is 1. The third kappa shape index (κ3) is 1.83. The van der Waals surface area contributed by atoms with Gasteiger partial charge in [-0.25, -0.2) is 0 Å². The molecule has 0 fully saturated rings.